The van der Waals surface area contributed by atoms with Gasteiger partial charge in [0.2, 0.25) is 0 Å². The standard InChI is InChI=1S/C6H11NO2S/c1-6(4-7)2-3-10(8,9)5-6/h4,7H,2-3,5H2,1H3. The molecule has 4 heteroatoms. The Morgan fingerprint density at radius 2 is 2.20 bits per heavy atom. The van der Waals surface area contributed by atoms with Gasteiger partial charge in [0.1, 0.15) is 0 Å². The number of hydrogen-bond acceptors (Lipinski definition) is 3. The minimum absolute atomic E-state index is 0.156. The first kappa shape index (κ1) is 7.72. The molecule has 1 heterocycles. The first-order chi connectivity index (χ1) is 4.47. The molecule has 1 unspecified atom stereocenters. The molecular weight excluding hydrogens is 150 g/mol. The fourth-order valence-electron chi connectivity index (χ4n) is 1.15. The molecule has 0 spiro atoms. The van der Waals surface area contributed by atoms with Crippen LogP contribution < -0.4 is 0 Å². The minimum atomic E-state index is -2.82. The van der Waals surface area contributed by atoms with Crippen LogP contribution in [0.3, 0.4) is 0 Å². The predicted octanol–water partition coefficient (Wildman–Crippen LogP) is 0.461. The van der Waals surface area contributed by atoms with E-state index in [1.165, 1.54) is 6.21 Å². The lowest BCUT2D eigenvalue weighted by molar-refractivity contribution is 0.545. The van der Waals surface area contributed by atoms with Crippen molar-refractivity contribution < 1.29 is 8.42 Å². The van der Waals surface area contributed by atoms with E-state index in [1.54, 1.807) is 0 Å². The summed E-state index contributed by atoms with van der Waals surface area (Å²) in [6, 6.07) is 0. The van der Waals surface area contributed by atoms with Gasteiger partial charge in [-0.2, -0.15) is 0 Å². The third-order valence-electron chi connectivity index (χ3n) is 1.88. The van der Waals surface area contributed by atoms with E-state index < -0.39 is 9.84 Å². The lowest BCUT2D eigenvalue weighted by Gasteiger charge is -2.12. The van der Waals surface area contributed by atoms with Gasteiger partial charge in [-0.25, -0.2) is 8.42 Å². The van der Waals surface area contributed by atoms with Gasteiger partial charge in [0, 0.05) is 11.6 Å². The fourth-order valence-corrected chi connectivity index (χ4v) is 3.30. The predicted molar refractivity (Wildman–Crippen MR) is 40.2 cm³/mol. The Morgan fingerprint density at radius 1 is 1.60 bits per heavy atom. The van der Waals surface area contributed by atoms with Crippen molar-refractivity contribution in [2.75, 3.05) is 11.5 Å². The summed E-state index contributed by atoms with van der Waals surface area (Å²) in [6.07, 6.45) is 1.86. The van der Waals surface area contributed by atoms with Gasteiger partial charge in [-0.1, -0.05) is 6.92 Å². The molecule has 1 fully saturated rings. The maximum Gasteiger partial charge on any atom is 0.151 e. The molecule has 0 aromatic heterocycles. The topological polar surface area (TPSA) is 58.0 Å². The average Bonchev–Trinajstić information content (AvgIpc) is 2.08. The van der Waals surface area contributed by atoms with Crippen molar-refractivity contribution in [3.8, 4) is 0 Å². The zero-order valence-corrected chi connectivity index (χ0v) is 6.74. The van der Waals surface area contributed by atoms with Crippen LogP contribution in [0, 0.1) is 10.8 Å². The Bertz CT molecular complexity index is 244. The maximum atomic E-state index is 10.9. The van der Waals surface area contributed by atoms with Gasteiger partial charge in [0.25, 0.3) is 0 Å². The van der Waals surface area contributed by atoms with Gasteiger partial charge in [-0.05, 0) is 6.42 Å². The molecule has 1 aliphatic rings. The summed E-state index contributed by atoms with van der Waals surface area (Å²) in [5, 5.41) is 6.98. The Balaban J connectivity index is 2.86. The molecular formula is C6H11NO2S. The molecule has 58 valence electrons. The summed E-state index contributed by atoms with van der Waals surface area (Å²) in [4.78, 5) is 0. The number of sulfone groups is 1. The number of hydrogen-bond donors (Lipinski definition) is 1. The van der Waals surface area contributed by atoms with Crippen molar-refractivity contribution in [2.45, 2.75) is 13.3 Å². The van der Waals surface area contributed by atoms with E-state index >= 15 is 0 Å². The van der Waals surface area contributed by atoms with Gasteiger partial charge >= 0.3 is 0 Å². The molecule has 10 heavy (non-hydrogen) atoms. The summed E-state index contributed by atoms with van der Waals surface area (Å²) in [5.74, 6) is 0.405. The third-order valence-corrected chi connectivity index (χ3v) is 3.81. The normalized spacial score (nSPS) is 37.7. The lowest BCUT2D eigenvalue weighted by atomic mass is 9.92. The van der Waals surface area contributed by atoms with E-state index in [0.717, 1.165) is 0 Å². The monoisotopic (exact) mass is 161 g/mol. The zero-order valence-electron chi connectivity index (χ0n) is 5.92. The van der Waals surface area contributed by atoms with E-state index in [4.69, 9.17) is 5.41 Å². The quantitative estimate of drug-likeness (QED) is 0.568. The second kappa shape index (κ2) is 2.05. The minimum Gasteiger partial charge on any atom is -0.313 e. The van der Waals surface area contributed by atoms with Crippen LogP contribution in [0.25, 0.3) is 0 Å². The SMILES string of the molecule is CC1(C=N)CCS(=O)(=O)C1. The number of nitrogens with one attached hydrogen (secondary N) is 1. The fraction of sp³-hybridized carbons (Fsp3) is 0.833. The van der Waals surface area contributed by atoms with Crippen LogP contribution >= 0.6 is 0 Å². The van der Waals surface area contributed by atoms with Crippen LogP contribution in [0.1, 0.15) is 13.3 Å². The molecule has 0 aromatic carbocycles. The highest BCUT2D eigenvalue weighted by Gasteiger charge is 2.36. The van der Waals surface area contributed by atoms with Crippen molar-refractivity contribution in [2.24, 2.45) is 5.41 Å². The molecule has 0 aromatic rings. The van der Waals surface area contributed by atoms with Crippen molar-refractivity contribution in [3.63, 3.8) is 0 Å². The highest BCUT2D eigenvalue weighted by atomic mass is 32.2. The van der Waals surface area contributed by atoms with Gasteiger partial charge in [0.05, 0.1) is 11.5 Å². The molecule has 0 bridgehead atoms. The summed E-state index contributed by atoms with van der Waals surface area (Å²) >= 11 is 0. The second-order valence-electron chi connectivity index (χ2n) is 3.14. The zero-order chi connectivity index (χ0) is 7.83. The maximum absolute atomic E-state index is 10.9. The van der Waals surface area contributed by atoms with E-state index in [0.29, 0.717) is 6.42 Å². The van der Waals surface area contributed by atoms with E-state index in [1.807, 2.05) is 6.92 Å². The van der Waals surface area contributed by atoms with Crippen LogP contribution in [-0.2, 0) is 9.84 Å². The molecule has 0 aliphatic carbocycles. The molecule has 0 saturated carbocycles. The van der Waals surface area contributed by atoms with Gasteiger partial charge in [0.15, 0.2) is 9.84 Å². The Labute approximate surface area is 60.9 Å². The second-order valence-corrected chi connectivity index (χ2v) is 5.32. The van der Waals surface area contributed by atoms with E-state index in [9.17, 15) is 8.42 Å². The van der Waals surface area contributed by atoms with Crippen molar-refractivity contribution in [1.29, 1.82) is 5.41 Å². The van der Waals surface area contributed by atoms with Gasteiger partial charge in [-0.15, -0.1) is 0 Å². The highest BCUT2D eigenvalue weighted by Crippen LogP contribution is 2.28. The first-order valence-corrected chi connectivity index (χ1v) is 5.02. The Kier molecular flexibility index (Phi) is 1.58. The average molecular weight is 161 g/mol. The molecule has 0 radical (unpaired) electrons. The van der Waals surface area contributed by atoms with Crippen molar-refractivity contribution in [1.82, 2.24) is 0 Å². The van der Waals surface area contributed by atoms with Crippen molar-refractivity contribution in [3.05, 3.63) is 0 Å². The Hall–Kier alpha value is -0.380. The molecule has 1 atom stereocenters. The van der Waals surface area contributed by atoms with Gasteiger partial charge < -0.3 is 5.41 Å². The van der Waals surface area contributed by atoms with Crippen LogP contribution in [0.4, 0.5) is 0 Å². The van der Waals surface area contributed by atoms with Crippen LogP contribution in [0.2, 0.25) is 0 Å². The third kappa shape index (κ3) is 1.37. The molecule has 0 amide bonds. The molecule has 1 N–H and O–H groups in total. The van der Waals surface area contributed by atoms with Crippen LogP contribution in [-0.4, -0.2) is 26.1 Å². The van der Waals surface area contributed by atoms with Crippen LogP contribution in [0.5, 0.6) is 0 Å². The molecule has 1 aliphatic heterocycles. The largest absolute Gasteiger partial charge is 0.313 e. The molecule has 1 rings (SSSR count). The highest BCUT2D eigenvalue weighted by molar-refractivity contribution is 7.91. The smallest absolute Gasteiger partial charge is 0.151 e. The van der Waals surface area contributed by atoms with Crippen LogP contribution in [0.15, 0.2) is 0 Å². The Morgan fingerprint density at radius 3 is 2.40 bits per heavy atom. The summed E-state index contributed by atoms with van der Waals surface area (Å²) < 4.78 is 21.8. The molecule has 1 saturated heterocycles. The summed E-state index contributed by atoms with van der Waals surface area (Å²) in [7, 11) is -2.82. The van der Waals surface area contributed by atoms with E-state index in [-0.39, 0.29) is 16.9 Å². The summed E-state index contributed by atoms with van der Waals surface area (Å²) in [6.45, 7) is 1.81. The van der Waals surface area contributed by atoms with E-state index in [2.05, 4.69) is 0 Å². The van der Waals surface area contributed by atoms with Crippen molar-refractivity contribution >= 4 is 16.1 Å². The lowest BCUT2D eigenvalue weighted by Crippen LogP contribution is -2.18. The summed E-state index contributed by atoms with van der Waals surface area (Å²) in [5.41, 5.74) is -0.376. The first-order valence-electron chi connectivity index (χ1n) is 3.20. The van der Waals surface area contributed by atoms with Gasteiger partial charge in [-0.3, -0.25) is 0 Å². The number of rotatable bonds is 1. The molecule has 3 nitrogen and oxygen atoms in total.